The summed E-state index contributed by atoms with van der Waals surface area (Å²) in [6, 6.07) is 0. The van der Waals surface area contributed by atoms with Gasteiger partial charge in [0, 0.05) is 24.2 Å². The molecular weight excluding hydrogens is 240 g/mol. The lowest BCUT2D eigenvalue weighted by atomic mass is 10.2. The van der Waals surface area contributed by atoms with Crippen molar-refractivity contribution in [3.05, 3.63) is 29.3 Å². The molecule has 0 amide bonds. The first kappa shape index (κ1) is 11.6. The molecule has 90 valence electrons. The average Bonchev–Trinajstić information content (AvgIpc) is 2.95. The van der Waals surface area contributed by atoms with Crippen molar-refractivity contribution in [1.29, 1.82) is 0 Å². The van der Waals surface area contributed by atoms with Crippen LogP contribution in [0.3, 0.4) is 0 Å². The first-order chi connectivity index (χ1) is 8.24. The molecule has 0 aromatic carbocycles. The van der Waals surface area contributed by atoms with Crippen molar-refractivity contribution in [1.82, 2.24) is 15.0 Å². The van der Waals surface area contributed by atoms with Gasteiger partial charge in [-0.3, -0.25) is 4.79 Å². The van der Waals surface area contributed by atoms with Crippen molar-refractivity contribution in [3.63, 3.8) is 0 Å². The fourth-order valence-electron chi connectivity index (χ4n) is 1.29. The molecule has 2 heterocycles. The Balaban J connectivity index is 1.83. The van der Waals surface area contributed by atoms with Gasteiger partial charge in [0.15, 0.2) is 5.13 Å². The van der Waals surface area contributed by atoms with Gasteiger partial charge in [0.1, 0.15) is 5.82 Å². The van der Waals surface area contributed by atoms with Crippen LogP contribution >= 0.6 is 11.3 Å². The molecule has 2 rings (SSSR count). The van der Waals surface area contributed by atoms with Crippen LogP contribution in [-0.2, 0) is 17.8 Å². The summed E-state index contributed by atoms with van der Waals surface area (Å²) in [7, 11) is 0. The van der Waals surface area contributed by atoms with Crippen molar-refractivity contribution in [2.45, 2.75) is 19.4 Å². The molecule has 0 aliphatic heterocycles. The second-order valence-corrected chi connectivity index (χ2v) is 4.29. The molecule has 0 aliphatic carbocycles. The van der Waals surface area contributed by atoms with Crippen molar-refractivity contribution in [2.24, 2.45) is 0 Å². The summed E-state index contributed by atoms with van der Waals surface area (Å²) in [6.07, 6.45) is 4.03. The van der Waals surface area contributed by atoms with Gasteiger partial charge in [-0.1, -0.05) is 0 Å². The highest BCUT2D eigenvalue weighted by Gasteiger charge is 2.04. The largest absolute Gasteiger partial charge is 0.481 e. The monoisotopic (exact) mass is 252 g/mol. The van der Waals surface area contributed by atoms with Crippen molar-refractivity contribution in [2.75, 3.05) is 5.32 Å². The summed E-state index contributed by atoms with van der Waals surface area (Å²) >= 11 is 1.47. The number of hydrogen-bond donors (Lipinski definition) is 3. The number of imidazole rings is 1. The zero-order chi connectivity index (χ0) is 12.1. The molecule has 0 radical (unpaired) electrons. The summed E-state index contributed by atoms with van der Waals surface area (Å²) in [4.78, 5) is 21.8. The van der Waals surface area contributed by atoms with E-state index in [1.807, 2.05) is 5.38 Å². The second-order valence-electron chi connectivity index (χ2n) is 3.43. The molecule has 17 heavy (non-hydrogen) atoms. The van der Waals surface area contributed by atoms with Gasteiger partial charge in [-0.25, -0.2) is 9.97 Å². The Bertz CT molecular complexity index is 480. The van der Waals surface area contributed by atoms with E-state index >= 15 is 0 Å². The maximum absolute atomic E-state index is 10.4. The fourth-order valence-corrected chi connectivity index (χ4v) is 2.04. The molecule has 0 atom stereocenters. The van der Waals surface area contributed by atoms with E-state index in [1.54, 1.807) is 12.4 Å². The minimum absolute atomic E-state index is 0.112. The molecule has 0 unspecified atom stereocenters. The third kappa shape index (κ3) is 3.56. The van der Waals surface area contributed by atoms with Crippen molar-refractivity contribution in [3.8, 4) is 0 Å². The molecule has 0 fully saturated rings. The highest BCUT2D eigenvalue weighted by molar-refractivity contribution is 7.13. The molecule has 0 aliphatic rings. The lowest BCUT2D eigenvalue weighted by Gasteiger charge is -1.98. The Kier molecular flexibility index (Phi) is 3.71. The molecule has 0 saturated carbocycles. The van der Waals surface area contributed by atoms with Crippen molar-refractivity contribution < 1.29 is 9.90 Å². The summed E-state index contributed by atoms with van der Waals surface area (Å²) in [6.45, 7) is 0.582. The summed E-state index contributed by atoms with van der Waals surface area (Å²) < 4.78 is 0. The molecule has 6 nitrogen and oxygen atoms in total. The number of aromatic amines is 1. The minimum Gasteiger partial charge on any atom is -0.481 e. The lowest BCUT2D eigenvalue weighted by molar-refractivity contribution is -0.136. The van der Waals surface area contributed by atoms with Gasteiger partial charge in [-0.15, -0.1) is 11.3 Å². The number of H-pyrrole nitrogens is 1. The van der Waals surface area contributed by atoms with E-state index in [0.29, 0.717) is 13.0 Å². The predicted molar refractivity (Wildman–Crippen MR) is 64.0 cm³/mol. The van der Waals surface area contributed by atoms with Crippen LogP contribution in [-0.4, -0.2) is 26.0 Å². The number of rotatable bonds is 6. The lowest BCUT2D eigenvalue weighted by Crippen LogP contribution is -2.01. The Hall–Kier alpha value is -1.89. The van der Waals surface area contributed by atoms with E-state index in [1.165, 1.54) is 11.3 Å². The molecule has 0 spiro atoms. The van der Waals surface area contributed by atoms with Crippen LogP contribution in [0.4, 0.5) is 5.13 Å². The number of aryl methyl sites for hydroxylation is 1. The van der Waals surface area contributed by atoms with Gasteiger partial charge in [0.05, 0.1) is 18.7 Å². The SMILES string of the molecule is O=C(O)CCc1csc(NCc2ncc[nH]2)n1. The number of aromatic nitrogens is 3. The Labute approximate surface area is 102 Å². The molecule has 7 heteroatoms. The van der Waals surface area contributed by atoms with E-state index in [0.717, 1.165) is 16.6 Å². The van der Waals surface area contributed by atoms with Crippen LogP contribution in [0.25, 0.3) is 0 Å². The highest BCUT2D eigenvalue weighted by atomic mass is 32.1. The number of nitrogens with zero attached hydrogens (tertiary/aromatic N) is 2. The van der Waals surface area contributed by atoms with E-state index in [-0.39, 0.29) is 6.42 Å². The number of thiazole rings is 1. The van der Waals surface area contributed by atoms with E-state index < -0.39 is 5.97 Å². The number of carbonyl (C=O) groups is 1. The minimum atomic E-state index is -0.803. The zero-order valence-corrected chi connectivity index (χ0v) is 9.83. The predicted octanol–water partition coefficient (Wildman–Crippen LogP) is 1.50. The summed E-state index contributed by atoms with van der Waals surface area (Å²) in [5.74, 6) is 0.0374. The van der Waals surface area contributed by atoms with Crippen LogP contribution in [0.2, 0.25) is 0 Å². The van der Waals surface area contributed by atoms with Gasteiger partial charge in [-0.05, 0) is 0 Å². The first-order valence-corrected chi connectivity index (χ1v) is 6.00. The molecule has 3 N–H and O–H groups in total. The van der Waals surface area contributed by atoms with E-state index in [2.05, 4.69) is 20.3 Å². The maximum atomic E-state index is 10.4. The number of carboxylic acid groups (broad SMARTS) is 1. The third-order valence-corrected chi connectivity index (χ3v) is 2.96. The summed E-state index contributed by atoms with van der Waals surface area (Å²) in [5.41, 5.74) is 0.805. The number of anilines is 1. The average molecular weight is 252 g/mol. The quantitative estimate of drug-likeness (QED) is 0.724. The number of aliphatic carboxylic acids is 1. The van der Waals surface area contributed by atoms with Crippen LogP contribution in [0.1, 0.15) is 17.9 Å². The highest BCUT2D eigenvalue weighted by Crippen LogP contribution is 2.16. The van der Waals surface area contributed by atoms with Gasteiger partial charge < -0.3 is 15.4 Å². The standard InChI is InChI=1S/C10H12N4O2S/c15-9(16)2-1-7-6-17-10(14-7)13-5-8-11-3-4-12-8/h3-4,6H,1-2,5H2,(H,11,12)(H,13,14)(H,15,16). The first-order valence-electron chi connectivity index (χ1n) is 5.12. The topological polar surface area (TPSA) is 90.9 Å². The normalized spacial score (nSPS) is 10.4. The van der Waals surface area contributed by atoms with Gasteiger partial charge in [0.2, 0.25) is 0 Å². The van der Waals surface area contributed by atoms with Gasteiger partial charge in [0.25, 0.3) is 0 Å². The van der Waals surface area contributed by atoms with Crippen LogP contribution in [0.5, 0.6) is 0 Å². The molecule has 2 aromatic heterocycles. The van der Waals surface area contributed by atoms with Crippen LogP contribution in [0.15, 0.2) is 17.8 Å². The van der Waals surface area contributed by atoms with Crippen molar-refractivity contribution >= 4 is 22.4 Å². The zero-order valence-electron chi connectivity index (χ0n) is 9.01. The fraction of sp³-hybridized carbons (Fsp3) is 0.300. The molecule has 0 bridgehead atoms. The Morgan fingerprint density at radius 3 is 3.18 bits per heavy atom. The number of hydrogen-bond acceptors (Lipinski definition) is 5. The molecular formula is C10H12N4O2S. The molecule has 2 aromatic rings. The Morgan fingerprint density at radius 1 is 1.59 bits per heavy atom. The van der Waals surface area contributed by atoms with Gasteiger partial charge in [-0.2, -0.15) is 0 Å². The molecule has 0 saturated heterocycles. The van der Waals surface area contributed by atoms with E-state index in [4.69, 9.17) is 5.11 Å². The summed E-state index contributed by atoms with van der Waals surface area (Å²) in [5, 5.41) is 14.3. The smallest absolute Gasteiger partial charge is 0.303 e. The number of nitrogens with one attached hydrogen (secondary N) is 2. The van der Waals surface area contributed by atoms with Crippen LogP contribution < -0.4 is 5.32 Å². The maximum Gasteiger partial charge on any atom is 0.303 e. The van der Waals surface area contributed by atoms with Gasteiger partial charge >= 0.3 is 5.97 Å². The third-order valence-electron chi connectivity index (χ3n) is 2.11. The van der Waals surface area contributed by atoms with Crippen LogP contribution in [0, 0.1) is 0 Å². The van der Waals surface area contributed by atoms with E-state index in [9.17, 15) is 4.79 Å². The second kappa shape index (κ2) is 5.44. The number of carboxylic acids is 1. The Morgan fingerprint density at radius 2 is 2.47 bits per heavy atom.